The van der Waals surface area contributed by atoms with Crippen LogP contribution in [0.25, 0.3) is 0 Å². The van der Waals surface area contributed by atoms with E-state index in [2.05, 4.69) is 29.6 Å². The molecule has 23 heavy (non-hydrogen) atoms. The molecule has 0 aromatic heterocycles. The van der Waals surface area contributed by atoms with E-state index in [0.29, 0.717) is 6.54 Å². The first-order chi connectivity index (χ1) is 11.2. The second kappa shape index (κ2) is 9.99. The largest absolute Gasteiger partial charge is 0.396 e. The number of carbonyl (C=O) groups excluding carboxylic acids is 1. The number of hydrogen-bond donors (Lipinski definition) is 2. The fourth-order valence-corrected chi connectivity index (χ4v) is 4.37. The Kier molecular flexibility index (Phi) is 7.96. The maximum atomic E-state index is 11.0. The molecule has 1 aliphatic rings. The van der Waals surface area contributed by atoms with E-state index in [0.717, 1.165) is 12.3 Å². The van der Waals surface area contributed by atoms with Gasteiger partial charge in [0.25, 0.3) is 0 Å². The molecular formula is C19H29NO2S. The highest BCUT2D eigenvalue weighted by Gasteiger charge is 2.15. The number of aliphatic hydroxyl groups excluding tert-OH is 1. The van der Waals surface area contributed by atoms with E-state index in [1.165, 1.54) is 55.2 Å². The Labute approximate surface area is 144 Å². The Morgan fingerprint density at radius 2 is 2.13 bits per heavy atom. The van der Waals surface area contributed by atoms with Gasteiger partial charge in [-0.2, -0.15) is 0 Å². The van der Waals surface area contributed by atoms with Crippen molar-refractivity contribution in [3.05, 3.63) is 29.8 Å². The lowest BCUT2D eigenvalue weighted by Crippen LogP contribution is -2.23. The third kappa shape index (κ3) is 6.56. The molecule has 3 nitrogen and oxygen atoms in total. The van der Waals surface area contributed by atoms with Crippen molar-refractivity contribution in [2.75, 3.05) is 18.9 Å². The minimum Gasteiger partial charge on any atom is -0.396 e. The van der Waals surface area contributed by atoms with Crippen molar-refractivity contribution in [3.63, 3.8) is 0 Å². The Morgan fingerprint density at radius 3 is 2.83 bits per heavy atom. The lowest BCUT2D eigenvalue weighted by Gasteiger charge is -2.21. The Hall–Kier alpha value is -1.00. The van der Waals surface area contributed by atoms with Crippen LogP contribution < -0.4 is 5.32 Å². The monoisotopic (exact) mass is 335 g/mol. The summed E-state index contributed by atoms with van der Waals surface area (Å²) in [7, 11) is 0. The maximum absolute atomic E-state index is 11.0. The molecule has 1 atom stereocenters. The number of hydrogen-bond acceptors (Lipinski definition) is 3. The second-order valence-corrected chi connectivity index (χ2v) is 7.63. The highest BCUT2D eigenvalue weighted by molar-refractivity contribution is 7.99. The third-order valence-electron chi connectivity index (χ3n) is 4.63. The predicted octanol–water partition coefficient (Wildman–Crippen LogP) is 3.96. The minimum absolute atomic E-state index is 0.0153. The summed E-state index contributed by atoms with van der Waals surface area (Å²) in [4.78, 5) is 12.3. The molecule has 1 fully saturated rings. The normalized spacial score (nSPS) is 17.0. The Morgan fingerprint density at radius 1 is 1.35 bits per heavy atom. The summed E-state index contributed by atoms with van der Waals surface area (Å²) in [6, 6.07) is 8.54. The van der Waals surface area contributed by atoms with E-state index >= 15 is 0 Å². The molecule has 0 saturated heterocycles. The van der Waals surface area contributed by atoms with Crippen LogP contribution >= 0.6 is 11.8 Å². The van der Waals surface area contributed by atoms with Crippen LogP contribution in [-0.4, -0.2) is 29.9 Å². The number of rotatable bonds is 8. The molecule has 1 aromatic carbocycles. The van der Waals surface area contributed by atoms with Crippen LogP contribution in [-0.2, 0) is 4.79 Å². The summed E-state index contributed by atoms with van der Waals surface area (Å²) >= 11 is 1.95. The number of nitrogens with one attached hydrogen (secondary N) is 1. The van der Waals surface area contributed by atoms with E-state index in [9.17, 15) is 9.90 Å². The number of amides is 1. The minimum atomic E-state index is -0.0153. The first-order valence-electron chi connectivity index (χ1n) is 8.77. The van der Waals surface area contributed by atoms with Crippen molar-refractivity contribution in [1.29, 1.82) is 0 Å². The average Bonchev–Trinajstić information content (AvgIpc) is 2.58. The van der Waals surface area contributed by atoms with Gasteiger partial charge in [0.15, 0.2) is 0 Å². The maximum Gasteiger partial charge on any atom is 0.216 e. The summed E-state index contributed by atoms with van der Waals surface area (Å²) in [5.74, 6) is 2.15. The molecule has 0 heterocycles. The van der Waals surface area contributed by atoms with Gasteiger partial charge in [-0.25, -0.2) is 0 Å². The zero-order chi connectivity index (χ0) is 16.5. The third-order valence-corrected chi connectivity index (χ3v) is 5.85. The molecule has 0 radical (unpaired) electrons. The van der Waals surface area contributed by atoms with E-state index < -0.39 is 0 Å². The average molecular weight is 336 g/mol. The van der Waals surface area contributed by atoms with Gasteiger partial charge < -0.3 is 10.4 Å². The molecule has 0 bridgehead atoms. The first-order valence-corrected chi connectivity index (χ1v) is 9.75. The molecule has 2 N–H and O–H groups in total. The highest BCUT2D eigenvalue weighted by Crippen LogP contribution is 2.31. The lowest BCUT2D eigenvalue weighted by molar-refractivity contribution is -0.118. The molecule has 1 unspecified atom stereocenters. The summed E-state index contributed by atoms with van der Waals surface area (Å²) < 4.78 is 0. The number of carbonyl (C=O) groups is 1. The molecule has 2 rings (SSSR count). The second-order valence-electron chi connectivity index (χ2n) is 6.54. The van der Waals surface area contributed by atoms with E-state index in [1.54, 1.807) is 0 Å². The van der Waals surface area contributed by atoms with E-state index in [-0.39, 0.29) is 18.4 Å². The smallest absolute Gasteiger partial charge is 0.216 e. The Balaban J connectivity index is 1.87. The molecule has 1 amide bonds. The van der Waals surface area contributed by atoms with Gasteiger partial charge in [-0.05, 0) is 42.9 Å². The number of thioether (sulfide) groups is 1. The van der Waals surface area contributed by atoms with Crippen LogP contribution in [0.1, 0.15) is 56.9 Å². The van der Waals surface area contributed by atoms with Crippen LogP contribution in [0, 0.1) is 5.92 Å². The van der Waals surface area contributed by atoms with Crippen molar-refractivity contribution < 1.29 is 9.90 Å². The fraction of sp³-hybridized carbons (Fsp3) is 0.632. The van der Waals surface area contributed by atoms with E-state index in [4.69, 9.17) is 0 Å². The molecule has 1 saturated carbocycles. The van der Waals surface area contributed by atoms with Gasteiger partial charge in [0.1, 0.15) is 0 Å². The Bertz CT molecular complexity index is 486. The van der Waals surface area contributed by atoms with Crippen molar-refractivity contribution in [3.8, 4) is 0 Å². The number of benzene rings is 1. The summed E-state index contributed by atoms with van der Waals surface area (Å²) in [6.07, 6.45) is 7.71. The van der Waals surface area contributed by atoms with Gasteiger partial charge in [0.05, 0.1) is 0 Å². The van der Waals surface area contributed by atoms with Crippen molar-refractivity contribution in [2.24, 2.45) is 5.92 Å². The predicted molar refractivity (Wildman–Crippen MR) is 96.9 cm³/mol. The molecular weight excluding hydrogens is 306 g/mol. The summed E-state index contributed by atoms with van der Waals surface area (Å²) in [5, 5.41) is 12.5. The van der Waals surface area contributed by atoms with Gasteiger partial charge in [-0.15, -0.1) is 11.8 Å². The summed E-state index contributed by atoms with van der Waals surface area (Å²) in [5.41, 5.74) is 1.17. The van der Waals surface area contributed by atoms with Gasteiger partial charge in [-0.1, -0.05) is 31.4 Å². The topological polar surface area (TPSA) is 49.3 Å². The first kappa shape index (κ1) is 18.3. The van der Waals surface area contributed by atoms with Gasteiger partial charge >= 0.3 is 0 Å². The molecule has 1 aliphatic carbocycles. The van der Waals surface area contributed by atoms with Crippen LogP contribution in [0.5, 0.6) is 0 Å². The standard InChI is InChI=1S/C19H29NO2S/c1-15(22)20-11-10-18(13-21)17-8-5-9-19(12-17)23-14-16-6-3-2-4-7-16/h5,8-9,12,16,18,21H,2-4,6-7,10-11,13-14H2,1H3,(H,20,22). The van der Waals surface area contributed by atoms with Crippen LogP contribution in [0.3, 0.4) is 0 Å². The molecule has 0 spiro atoms. The molecule has 128 valence electrons. The molecule has 4 heteroatoms. The quantitative estimate of drug-likeness (QED) is 0.707. The van der Waals surface area contributed by atoms with Crippen LogP contribution in [0.15, 0.2) is 29.2 Å². The van der Waals surface area contributed by atoms with E-state index in [1.807, 2.05) is 11.8 Å². The van der Waals surface area contributed by atoms with Crippen LogP contribution in [0.2, 0.25) is 0 Å². The van der Waals surface area contributed by atoms with Crippen molar-refractivity contribution in [1.82, 2.24) is 5.32 Å². The fourth-order valence-electron chi connectivity index (χ4n) is 3.21. The number of aliphatic hydroxyl groups is 1. The zero-order valence-electron chi connectivity index (χ0n) is 14.1. The zero-order valence-corrected chi connectivity index (χ0v) is 14.9. The SMILES string of the molecule is CC(=O)NCCC(CO)c1cccc(SCC2CCCCC2)c1. The van der Waals surface area contributed by atoms with Gasteiger partial charge in [-0.3, -0.25) is 4.79 Å². The lowest BCUT2D eigenvalue weighted by atomic mass is 9.91. The van der Waals surface area contributed by atoms with Crippen LogP contribution in [0.4, 0.5) is 0 Å². The molecule has 0 aliphatic heterocycles. The molecule has 1 aromatic rings. The van der Waals surface area contributed by atoms with Gasteiger partial charge in [0, 0.05) is 36.6 Å². The van der Waals surface area contributed by atoms with Gasteiger partial charge in [0.2, 0.25) is 5.91 Å². The summed E-state index contributed by atoms with van der Waals surface area (Å²) in [6.45, 7) is 2.26. The highest BCUT2D eigenvalue weighted by atomic mass is 32.2. The van der Waals surface area contributed by atoms with Crippen molar-refractivity contribution >= 4 is 17.7 Å². The van der Waals surface area contributed by atoms with Crippen molar-refractivity contribution in [2.45, 2.75) is 56.3 Å².